The van der Waals surface area contributed by atoms with E-state index in [4.69, 9.17) is 9.72 Å². The van der Waals surface area contributed by atoms with Crippen LogP contribution in [0.4, 0.5) is 0 Å². The molecule has 0 bridgehead atoms. The summed E-state index contributed by atoms with van der Waals surface area (Å²) in [6.45, 7) is 15.9. The van der Waals surface area contributed by atoms with Gasteiger partial charge in [0.2, 0.25) is 0 Å². The second kappa shape index (κ2) is 13.4. The van der Waals surface area contributed by atoms with E-state index in [0.29, 0.717) is 0 Å². The van der Waals surface area contributed by atoms with Crippen molar-refractivity contribution in [2.45, 2.75) is 92.8 Å². The van der Waals surface area contributed by atoms with Crippen LogP contribution in [0.3, 0.4) is 0 Å². The summed E-state index contributed by atoms with van der Waals surface area (Å²) in [6.07, 6.45) is 5.79. The number of pyridine rings is 1. The zero-order chi connectivity index (χ0) is 25.2. The summed E-state index contributed by atoms with van der Waals surface area (Å²) in [4.78, 5) is 7.73. The normalized spacial score (nSPS) is 11.4. The molecule has 0 atom stereocenters. The van der Waals surface area contributed by atoms with E-state index in [-0.39, 0.29) is 6.10 Å². The first-order valence-corrected chi connectivity index (χ1v) is 13.5. The molecule has 0 amide bonds. The lowest BCUT2D eigenvalue weighted by molar-refractivity contribution is 0.220. The van der Waals surface area contributed by atoms with Gasteiger partial charge in [-0.05, 0) is 63.3 Å². The van der Waals surface area contributed by atoms with Crippen molar-refractivity contribution in [2.75, 3.05) is 6.54 Å². The molecule has 3 aromatic rings. The molecule has 0 fully saturated rings. The minimum Gasteiger partial charge on any atom is -0.491 e. The fourth-order valence-corrected chi connectivity index (χ4v) is 4.79. The number of nitrogens with zero attached hydrogens (tertiary/aromatic N) is 2. The summed E-state index contributed by atoms with van der Waals surface area (Å²) in [5.74, 6) is 0.976. The van der Waals surface area contributed by atoms with Gasteiger partial charge in [-0.2, -0.15) is 0 Å². The number of rotatable bonds is 13. The highest BCUT2D eigenvalue weighted by atomic mass is 16.5. The van der Waals surface area contributed by atoms with Gasteiger partial charge in [0.25, 0.3) is 0 Å². The number of unbranched alkanes of at least 4 members (excludes halogenated alkanes) is 2. The zero-order valence-electron chi connectivity index (χ0n) is 22.7. The first-order chi connectivity index (χ1) is 17.0. The Morgan fingerprint density at radius 1 is 0.857 bits per heavy atom. The molecule has 0 radical (unpaired) electrons. The molecule has 0 saturated carbocycles. The van der Waals surface area contributed by atoms with Gasteiger partial charge in [0.1, 0.15) is 5.75 Å². The van der Waals surface area contributed by atoms with Crippen molar-refractivity contribution < 1.29 is 4.74 Å². The number of aryl methyl sites for hydroxylation is 3. The van der Waals surface area contributed by atoms with Crippen molar-refractivity contribution in [2.24, 2.45) is 0 Å². The fourth-order valence-electron chi connectivity index (χ4n) is 4.79. The molecule has 0 aliphatic carbocycles. The Hall–Kier alpha value is -2.65. The predicted molar refractivity (Wildman–Crippen MR) is 149 cm³/mol. The number of hydrogen-bond acceptors (Lipinski definition) is 3. The molecule has 3 rings (SSSR count). The van der Waals surface area contributed by atoms with Crippen molar-refractivity contribution in [3.63, 3.8) is 0 Å². The second-order valence-electron chi connectivity index (χ2n) is 9.80. The number of ether oxygens (including phenoxy) is 1. The summed E-state index contributed by atoms with van der Waals surface area (Å²) in [5, 5.41) is 0. The standard InChI is InChI=1S/C32H44N2O/c1-7-10-14-20-34(22-26-16-12-11-13-17-26)23-29-25(6)33-30(21-31(29)35-24(4)5)32-27(8-2)18-15-19-28(32)9-3/h11-13,15-19,21,24H,7-10,14,20,22-23H2,1-6H3. The maximum atomic E-state index is 6.45. The molecule has 3 nitrogen and oxygen atoms in total. The van der Waals surface area contributed by atoms with E-state index in [1.807, 2.05) is 0 Å². The fraction of sp³-hybridized carbons (Fsp3) is 0.469. The number of aromatic nitrogens is 1. The molecule has 1 heterocycles. The zero-order valence-corrected chi connectivity index (χ0v) is 22.7. The maximum Gasteiger partial charge on any atom is 0.128 e. The van der Waals surface area contributed by atoms with Crippen molar-refractivity contribution in [1.82, 2.24) is 9.88 Å². The molecular formula is C32H44N2O. The minimum atomic E-state index is 0.109. The summed E-state index contributed by atoms with van der Waals surface area (Å²) >= 11 is 0. The van der Waals surface area contributed by atoms with E-state index < -0.39 is 0 Å². The third kappa shape index (κ3) is 7.41. The van der Waals surface area contributed by atoms with E-state index in [1.54, 1.807) is 0 Å². The van der Waals surface area contributed by atoms with Crippen LogP contribution >= 0.6 is 0 Å². The monoisotopic (exact) mass is 472 g/mol. The second-order valence-corrected chi connectivity index (χ2v) is 9.80. The lowest BCUT2D eigenvalue weighted by Crippen LogP contribution is -2.25. The summed E-state index contributed by atoms with van der Waals surface area (Å²) in [7, 11) is 0. The van der Waals surface area contributed by atoms with Crippen LogP contribution in [0.2, 0.25) is 0 Å². The smallest absolute Gasteiger partial charge is 0.128 e. The quantitative estimate of drug-likeness (QED) is 0.235. The van der Waals surface area contributed by atoms with Gasteiger partial charge in [-0.3, -0.25) is 9.88 Å². The Bertz CT molecular complexity index is 1040. The molecule has 0 unspecified atom stereocenters. The van der Waals surface area contributed by atoms with E-state index in [1.165, 1.54) is 47.1 Å². The molecule has 0 aliphatic rings. The van der Waals surface area contributed by atoms with Crippen LogP contribution in [0, 0.1) is 6.92 Å². The van der Waals surface area contributed by atoms with Crippen LogP contribution in [0.15, 0.2) is 54.6 Å². The van der Waals surface area contributed by atoms with Gasteiger partial charge in [-0.15, -0.1) is 0 Å². The van der Waals surface area contributed by atoms with E-state index in [9.17, 15) is 0 Å². The average Bonchev–Trinajstić information content (AvgIpc) is 2.85. The van der Waals surface area contributed by atoms with Gasteiger partial charge in [-0.1, -0.05) is 82.1 Å². The van der Waals surface area contributed by atoms with Crippen LogP contribution in [0.5, 0.6) is 5.75 Å². The van der Waals surface area contributed by atoms with Crippen LogP contribution < -0.4 is 4.74 Å². The third-order valence-corrected chi connectivity index (χ3v) is 6.62. The number of hydrogen-bond donors (Lipinski definition) is 0. The Kier molecular flexibility index (Phi) is 10.3. The minimum absolute atomic E-state index is 0.109. The van der Waals surface area contributed by atoms with Crippen molar-refractivity contribution in [3.8, 4) is 17.0 Å². The van der Waals surface area contributed by atoms with E-state index in [2.05, 4.69) is 101 Å². The molecule has 0 N–H and O–H groups in total. The van der Waals surface area contributed by atoms with Gasteiger partial charge >= 0.3 is 0 Å². The largest absolute Gasteiger partial charge is 0.491 e. The van der Waals surface area contributed by atoms with Gasteiger partial charge in [0, 0.05) is 36.0 Å². The molecular weight excluding hydrogens is 428 g/mol. The van der Waals surface area contributed by atoms with Gasteiger partial charge in [-0.25, -0.2) is 0 Å². The highest BCUT2D eigenvalue weighted by Crippen LogP contribution is 2.34. The highest BCUT2D eigenvalue weighted by Gasteiger charge is 2.19. The van der Waals surface area contributed by atoms with Crippen molar-refractivity contribution in [1.29, 1.82) is 0 Å². The van der Waals surface area contributed by atoms with Crippen molar-refractivity contribution in [3.05, 3.63) is 82.5 Å². The molecule has 1 aromatic heterocycles. The lowest BCUT2D eigenvalue weighted by Gasteiger charge is -2.26. The topological polar surface area (TPSA) is 25.4 Å². The van der Waals surface area contributed by atoms with Crippen molar-refractivity contribution >= 4 is 0 Å². The molecule has 0 aliphatic heterocycles. The van der Waals surface area contributed by atoms with Gasteiger partial charge in [0.15, 0.2) is 0 Å². The molecule has 2 aromatic carbocycles. The van der Waals surface area contributed by atoms with Gasteiger partial charge < -0.3 is 4.74 Å². The van der Waals surface area contributed by atoms with Gasteiger partial charge in [0.05, 0.1) is 11.8 Å². The Morgan fingerprint density at radius 3 is 2.14 bits per heavy atom. The van der Waals surface area contributed by atoms with E-state index in [0.717, 1.165) is 49.6 Å². The first-order valence-electron chi connectivity index (χ1n) is 13.5. The Labute approximate surface area is 213 Å². The maximum absolute atomic E-state index is 6.45. The molecule has 188 valence electrons. The average molecular weight is 473 g/mol. The molecule has 3 heteroatoms. The molecule has 35 heavy (non-hydrogen) atoms. The molecule has 0 spiro atoms. The third-order valence-electron chi connectivity index (χ3n) is 6.62. The van der Waals surface area contributed by atoms with Crippen LogP contribution in [-0.4, -0.2) is 22.5 Å². The van der Waals surface area contributed by atoms with E-state index >= 15 is 0 Å². The number of benzene rings is 2. The summed E-state index contributed by atoms with van der Waals surface area (Å²) in [6, 6.07) is 19.6. The first kappa shape index (κ1) is 26.9. The summed E-state index contributed by atoms with van der Waals surface area (Å²) in [5.41, 5.74) is 8.65. The molecule has 0 saturated heterocycles. The van der Waals surface area contributed by atoms with Crippen LogP contribution in [-0.2, 0) is 25.9 Å². The Morgan fingerprint density at radius 2 is 1.54 bits per heavy atom. The predicted octanol–water partition coefficient (Wildman–Crippen LogP) is 8.16. The SMILES string of the molecule is CCCCCN(Cc1ccccc1)Cc1c(OC(C)C)cc(-c2c(CC)cccc2CC)nc1C. The van der Waals surface area contributed by atoms with Crippen LogP contribution in [0.25, 0.3) is 11.3 Å². The summed E-state index contributed by atoms with van der Waals surface area (Å²) < 4.78 is 6.45. The lowest BCUT2D eigenvalue weighted by atomic mass is 9.94. The highest BCUT2D eigenvalue weighted by molar-refractivity contribution is 5.70. The Balaban J connectivity index is 2.02. The van der Waals surface area contributed by atoms with Crippen LogP contribution in [0.1, 0.15) is 81.8 Å².